The largest absolute Gasteiger partial charge is 0.492 e. The van der Waals surface area contributed by atoms with Crippen molar-refractivity contribution in [2.45, 2.75) is 24.3 Å². The number of hydrogen-bond donors (Lipinski definition) is 1. The molecular weight excluding hydrogens is 285 g/mol. The average molecular weight is 305 g/mol. The summed E-state index contributed by atoms with van der Waals surface area (Å²) in [6.07, 6.45) is 0.610. The number of ether oxygens (including phenoxy) is 1. The van der Waals surface area contributed by atoms with Crippen molar-refractivity contribution in [2.24, 2.45) is 5.73 Å². The maximum Gasteiger partial charge on any atom is 0.123 e. The van der Waals surface area contributed by atoms with Crippen molar-refractivity contribution >= 4 is 11.8 Å². The van der Waals surface area contributed by atoms with Gasteiger partial charge in [-0.1, -0.05) is 18.2 Å². The van der Waals surface area contributed by atoms with Gasteiger partial charge in [0.2, 0.25) is 0 Å². The van der Waals surface area contributed by atoms with Crippen molar-refractivity contribution in [1.29, 1.82) is 0 Å². The first-order chi connectivity index (χ1) is 10.1. The molecule has 21 heavy (non-hydrogen) atoms. The first-order valence-corrected chi connectivity index (χ1v) is 7.98. The number of benzene rings is 2. The van der Waals surface area contributed by atoms with Crippen LogP contribution in [0.3, 0.4) is 0 Å². The molecule has 2 aromatic carbocycles. The third-order valence-corrected chi connectivity index (χ3v) is 3.89. The van der Waals surface area contributed by atoms with Crippen molar-refractivity contribution in [2.75, 3.05) is 12.4 Å². The van der Waals surface area contributed by atoms with Gasteiger partial charge in [0, 0.05) is 16.7 Å². The van der Waals surface area contributed by atoms with E-state index in [2.05, 4.69) is 12.1 Å². The highest BCUT2D eigenvalue weighted by atomic mass is 32.2. The molecule has 0 heterocycles. The van der Waals surface area contributed by atoms with Crippen LogP contribution in [0.1, 0.15) is 12.5 Å². The summed E-state index contributed by atoms with van der Waals surface area (Å²) in [5, 5.41) is 0. The molecule has 1 atom stereocenters. The highest BCUT2D eigenvalue weighted by Gasteiger charge is 2.08. The Kier molecular flexibility index (Phi) is 6.08. The normalized spacial score (nSPS) is 12.1. The summed E-state index contributed by atoms with van der Waals surface area (Å²) < 4.78 is 19.1. The Morgan fingerprint density at radius 2 is 1.95 bits per heavy atom. The van der Waals surface area contributed by atoms with Gasteiger partial charge in [-0.25, -0.2) is 4.39 Å². The quantitative estimate of drug-likeness (QED) is 0.622. The van der Waals surface area contributed by atoms with Crippen LogP contribution in [0.25, 0.3) is 0 Å². The summed E-state index contributed by atoms with van der Waals surface area (Å²) in [5.41, 5.74) is 6.62. The van der Waals surface area contributed by atoms with Crippen molar-refractivity contribution in [1.82, 2.24) is 0 Å². The number of nitrogens with two attached hydrogens (primary N) is 1. The van der Waals surface area contributed by atoms with E-state index in [1.807, 2.05) is 25.1 Å². The number of thioether (sulfide) groups is 1. The van der Waals surface area contributed by atoms with Crippen molar-refractivity contribution in [3.63, 3.8) is 0 Å². The Labute approximate surface area is 129 Å². The lowest BCUT2D eigenvalue weighted by atomic mass is 10.1. The molecule has 0 aliphatic carbocycles. The number of hydrogen-bond acceptors (Lipinski definition) is 3. The molecule has 0 saturated heterocycles. The topological polar surface area (TPSA) is 35.2 Å². The van der Waals surface area contributed by atoms with Crippen LogP contribution in [0.4, 0.5) is 4.39 Å². The third-order valence-electron chi connectivity index (χ3n) is 2.92. The smallest absolute Gasteiger partial charge is 0.123 e. The fourth-order valence-electron chi connectivity index (χ4n) is 2.02. The van der Waals surface area contributed by atoms with Gasteiger partial charge in [0.1, 0.15) is 11.6 Å². The highest BCUT2D eigenvalue weighted by molar-refractivity contribution is 7.99. The van der Waals surface area contributed by atoms with E-state index in [0.717, 1.165) is 17.1 Å². The van der Waals surface area contributed by atoms with E-state index < -0.39 is 0 Å². The molecule has 0 aromatic heterocycles. The lowest BCUT2D eigenvalue weighted by Gasteiger charge is -2.13. The zero-order valence-corrected chi connectivity index (χ0v) is 12.9. The summed E-state index contributed by atoms with van der Waals surface area (Å²) >= 11 is 1.74. The second-order valence-corrected chi connectivity index (χ2v) is 6.11. The van der Waals surface area contributed by atoms with E-state index in [1.54, 1.807) is 17.8 Å². The average Bonchev–Trinajstić information content (AvgIpc) is 2.46. The van der Waals surface area contributed by atoms with Crippen LogP contribution in [0, 0.1) is 5.82 Å². The van der Waals surface area contributed by atoms with E-state index in [4.69, 9.17) is 10.5 Å². The van der Waals surface area contributed by atoms with Gasteiger partial charge < -0.3 is 10.5 Å². The monoisotopic (exact) mass is 305 g/mol. The summed E-state index contributed by atoms with van der Waals surface area (Å²) in [4.78, 5) is 1.22. The molecule has 0 fully saturated rings. The van der Waals surface area contributed by atoms with Crippen molar-refractivity contribution in [3.8, 4) is 5.75 Å². The standard InChI is InChI=1S/C17H20FNOS/c1-13(19)11-14-12-15(18)7-8-17(14)20-9-10-21-16-5-3-2-4-6-16/h2-8,12-13H,9-11,19H2,1H3. The molecule has 0 aliphatic rings. The minimum atomic E-state index is -0.253. The Hall–Kier alpha value is -1.52. The summed E-state index contributed by atoms with van der Waals surface area (Å²) in [6, 6.07) is 14.8. The molecule has 0 bridgehead atoms. The molecule has 2 aromatic rings. The van der Waals surface area contributed by atoms with Crippen LogP contribution in [-0.4, -0.2) is 18.4 Å². The molecule has 0 spiro atoms. The van der Waals surface area contributed by atoms with E-state index in [0.29, 0.717) is 13.0 Å². The first kappa shape index (κ1) is 15.9. The summed E-state index contributed by atoms with van der Waals surface area (Å²) in [7, 11) is 0. The zero-order chi connectivity index (χ0) is 15.1. The van der Waals surface area contributed by atoms with Crippen LogP contribution in [-0.2, 0) is 6.42 Å². The number of rotatable bonds is 7. The maximum absolute atomic E-state index is 13.3. The summed E-state index contributed by atoms with van der Waals surface area (Å²) in [6.45, 7) is 2.48. The molecule has 1 unspecified atom stereocenters. The predicted molar refractivity (Wildman–Crippen MR) is 86.4 cm³/mol. The lowest BCUT2D eigenvalue weighted by molar-refractivity contribution is 0.338. The maximum atomic E-state index is 13.3. The fraction of sp³-hybridized carbons (Fsp3) is 0.294. The predicted octanol–water partition coefficient (Wildman–Crippen LogP) is 3.89. The highest BCUT2D eigenvalue weighted by Crippen LogP contribution is 2.22. The molecule has 2 nitrogen and oxygen atoms in total. The van der Waals surface area contributed by atoms with Gasteiger partial charge in [0.15, 0.2) is 0 Å². The first-order valence-electron chi connectivity index (χ1n) is 7.00. The van der Waals surface area contributed by atoms with Gasteiger partial charge in [-0.3, -0.25) is 0 Å². The van der Waals surface area contributed by atoms with E-state index in [-0.39, 0.29) is 11.9 Å². The SMILES string of the molecule is CC(N)Cc1cc(F)ccc1OCCSc1ccccc1. The van der Waals surface area contributed by atoms with Gasteiger partial charge in [-0.05, 0) is 49.2 Å². The van der Waals surface area contributed by atoms with E-state index >= 15 is 0 Å². The van der Waals surface area contributed by atoms with Crippen molar-refractivity contribution < 1.29 is 9.13 Å². The van der Waals surface area contributed by atoms with Gasteiger partial charge in [0.25, 0.3) is 0 Å². The van der Waals surface area contributed by atoms with Crippen LogP contribution in [0.5, 0.6) is 5.75 Å². The lowest BCUT2D eigenvalue weighted by Crippen LogP contribution is -2.18. The Bertz CT molecular complexity index is 560. The van der Waals surface area contributed by atoms with Gasteiger partial charge in [-0.2, -0.15) is 0 Å². The molecule has 0 radical (unpaired) electrons. The van der Waals surface area contributed by atoms with E-state index in [9.17, 15) is 4.39 Å². The third kappa shape index (κ3) is 5.40. The second-order valence-electron chi connectivity index (χ2n) is 4.94. The van der Waals surface area contributed by atoms with Crippen LogP contribution in [0.15, 0.2) is 53.4 Å². The minimum absolute atomic E-state index is 0.0205. The molecule has 0 aliphatic heterocycles. The minimum Gasteiger partial charge on any atom is -0.492 e. The Balaban J connectivity index is 1.87. The number of halogens is 1. The molecule has 0 amide bonds. The molecular formula is C17H20FNOS. The second kappa shape index (κ2) is 8.05. The van der Waals surface area contributed by atoms with Gasteiger partial charge >= 0.3 is 0 Å². The zero-order valence-electron chi connectivity index (χ0n) is 12.1. The van der Waals surface area contributed by atoms with Crippen molar-refractivity contribution in [3.05, 3.63) is 59.9 Å². The molecule has 4 heteroatoms. The molecule has 0 saturated carbocycles. The van der Waals surface area contributed by atoms with Gasteiger partial charge in [-0.15, -0.1) is 11.8 Å². The van der Waals surface area contributed by atoms with Gasteiger partial charge in [0.05, 0.1) is 6.61 Å². The van der Waals surface area contributed by atoms with E-state index in [1.165, 1.54) is 17.0 Å². The Morgan fingerprint density at radius 3 is 2.67 bits per heavy atom. The van der Waals surface area contributed by atoms with Crippen LogP contribution >= 0.6 is 11.8 Å². The fourth-order valence-corrected chi connectivity index (χ4v) is 2.78. The molecule has 2 N–H and O–H groups in total. The molecule has 112 valence electrons. The Morgan fingerprint density at radius 1 is 1.19 bits per heavy atom. The van der Waals surface area contributed by atoms with Crippen LogP contribution < -0.4 is 10.5 Å². The van der Waals surface area contributed by atoms with Crippen LogP contribution in [0.2, 0.25) is 0 Å². The summed E-state index contributed by atoms with van der Waals surface area (Å²) in [5.74, 6) is 1.32. The molecule has 2 rings (SSSR count).